The summed E-state index contributed by atoms with van der Waals surface area (Å²) in [6, 6.07) is 7.81. The van der Waals surface area contributed by atoms with Crippen LogP contribution in [0, 0.1) is 15.9 Å². The third-order valence-corrected chi connectivity index (χ3v) is 2.90. The van der Waals surface area contributed by atoms with Crippen molar-refractivity contribution in [2.45, 2.75) is 0 Å². The molecule has 3 aromatic rings. The van der Waals surface area contributed by atoms with Crippen LogP contribution in [0.2, 0.25) is 0 Å². The molecule has 0 aliphatic rings. The van der Waals surface area contributed by atoms with Crippen molar-refractivity contribution >= 4 is 16.6 Å². The Morgan fingerprint density at radius 1 is 1.32 bits per heavy atom. The van der Waals surface area contributed by atoms with Crippen LogP contribution in [-0.4, -0.2) is 14.9 Å². The lowest BCUT2D eigenvalue weighted by Crippen LogP contribution is -1.87. The van der Waals surface area contributed by atoms with Crippen molar-refractivity contribution in [3.63, 3.8) is 0 Å². The highest BCUT2D eigenvalue weighted by atomic mass is 19.1. The van der Waals surface area contributed by atoms with Gasteiger partial charge in [0.05, 0.1) is 22.0 Å². The average molecular weight is 257 g/mol. The van der Waals surface area contributed by atoms with Crippen LogP contribution in [0.5, 0.6) is 0 Å². The summed E-state index contributed by atoms with van der Waals surface area (Å²) < 4.78 is 13.6. The summed E-state index contributed by atoms with van der Waals surface area (Å²) in [6.07, 6.45) is 2.58. The number of H-pyrrole nitrogens is 1. The van der Waals surface area contributed by atoms with Gasteiger partial charge < -0.3 is 4.98 Å². The van der Waals surface area contributed by atoms with E-state index >= 15 is 0 Å². The van der Waals surface area contributed by atoms with Crippen molar-refractivity contribution in [1.29, 1.82) is 0 Å². The van der Waals surface area contributed by atoms with Crippen LogP contribution >= 0.6 is 0 Å². The Labute approximate surface area is 106 Å². The van der Waals surface area contributed by atoms with Gasteiger partial charge in [-0.15, -0.1) is 0 Å². The first kappa shape index (κ1) is 11.3. The van der Waals surface area contributed by atoms with Gasteiger partial charge in [-0.1, -0.05) is 6.07 Å². The maximum atomic E-state index is 13.6. The molecule has 2 aromatic heterocycles. The first-order valence-electron chi connectivity index (χ1n) is 5.53. The van der Waals surface area contributed by atoms with Crippen molar-refractivity contribution in [1.82, 2.24) is 9.97 Å². The van der Waals surface area contributed by atoms with Crippen molar-refractivity contribution in [3.05, 3.63) is 58.7 Å². The minimum absolute atomic E-state index is 0.00513. The zero-order valence-electron chi connectivity index (χ0n) is 9.63. The highest BCUT2D eigenvalue weighted by molar-refractivity contribution is 5.92. The van der Waals surface area contributed by atoms with E-state index in [0.717, 1.165) is 6.20 Å². The van der Waals surface area contributed by atoms with Gasteiger partial charge in [-0.2, -0.15) is 0 Å². The normalized spacial score (nSPS) is 10.8. The average Bonchev–Trinajstić information content (AvgIpc) is 2.82. The fourth-order valence-electron chi connectivity index (χ4n) is 2.04. The molecular formula is C13H8FN3O2. The SMILES string of the molecule is O=[N+]([O-])c1cccc2[nH]c(-c3ccncc3F)cc12. The van der Waals surface area contributed by atoms with E-state index < -0.39 is 10.7 Å². The van der Waals surface area contributed by atoms with Crippen LogP contribution in [0.3, 0.4) is 0 Å². The fourth-order valence-corrected chi connectivity index (χ4v) is 2.04. The monoisotopic (exact) mass is 257 g/mol. The van der Waals surface area contributed by atoms with Gasteiger partial charge in [0.1, 0.15) is 0 Å². The third-order valence-electron chi connectivity index (χ3n) is 2.90. The Balaban J connectivity index is 2.26. The molecule has 0 atom stereocenters. The van der Waals surface area contributed by atoms with Crippen LogP contribution < -0.4 is 0 Å². The Morgan fingerprint density at radius 3 is 2.89 bits per heavy atom. The number of nitro benzene ring substituents is 1. The Kier molecular flexibility index (Phi) is 2.49. The van der Waals surface area contributed by atoms with Gasteiger partial charge in [0.2, 0.25) is 0 Å². The van der Waals surface area contributed by atoms with Crippen LogP contribution in [0.15, 0.2) is 42.7 Å². The lowest BCUT2D eigenvalue weighted by Gasteiger charge is -1.97. The summed E-state index contributed by atoms with van der Waals surface area (Å²) in [5.41, 5.74) is 1.42. The van der Waals surface area contributed by atoms with E-state index in [1.54, 1.807) is 18.2 Å². The molecular weight excluding hydrogens is 249 g/mol. The fraction of sp³-hybridized carbons (Fsp3) is 0. The number of aromatic amines is 1. The molecule has 0 aliphatic carbocycles. The Bertz CT molecular complexity index is 782. The molecule has 6 heteroatoms. The summed E-state index contributed by atoms with van der Waals surface area (Å²) in [4.78, 5) is 17.1. The highest BCUT2D eigenvalue weighted by Crippen LogP contribution is 2.30. The predicted molar refractivity (Wildman–Crippen MR) is 68.1 cm³/mol. The maximum Gasteiger partial charge on any atom is 0.278 e. The number of nitrogens with zero attached hydrogens (tertiary/aromatic N) is 2. The smallest absolute Gasteiger partial charge is 0.278 e. The molecule has 0 unspecified atom stereocenters. The van der Waals surface area contributed by atoms with E-state index in [-0.39, 0.29) is 5.69 Å². The zero-order valence-corrected chi connectivity index (χ0v) is 9.63. The molecule has 0 radical (unpaired) electrons. The van der Waals surface area contributed by atoms with Crippen molar-refractivity contribution in [3.8, 4) is 11.3 Å². The second kappa shape index (κ2) is 4.16. The summed E-state index contributed by atoms with van der Waals surface area (Å²) in [7, 11) is 0. The summed E-state index contributed by atoms with van der Waals surface area (Å²) in [6.45, 7) is 0. The minimum Gasteiger partial charge on any atom is -0.354 e. The van der Waals surface area contributed by atoms with Crippen LogP contribution in [0.1, 0.15) is 0 Å². The van der Waals surface area contributed by atoms with E-state index in [9.17, 15) is 14.5 Å². The molecule has 2 heterocycles. The molecule has 1 N–H and O–H groups in total. The number of non-ortho nitro benzene ring substituents is 1. The van der Waals surface area contributed by atoms with Gasteiger partial charge in [-0.05, 0) is 18.2 Å². The number of hydrogen-bond donors (Lipinski definition) is 1. The summed E-state index contributed by atoms with van der Waals surface area (Å²) >= 11 is 0. The molecule has 5 nitrogen and oxygen atoms in total. The van der Waals surface area contributed by atoms with Crippen molar-refractivity contribution < 1.29 is 9.31 Å². The Hall–Kier alpha value is -2.76. The lowest BCUT2D eigenvalue weighted by atomic mass is 10.1. The maximum absolute atomic E-state index is 13.6. The third kappa shape index (κ3) is 1.83. The first-order chi connectivity index (χ1) is 9.16. The van der Waals surface area contributed by atoms with Gasteiger partial charge in [0, 0.05) is 23.5 Å². The molecule has 19 heavy (non-hydrogen) atoms. The molecule has 3 rings (SSSR count). The van der Waals surface area contributed by atoms with E-state index in [1.165, 1.54) is 18.3 Å². The standard InChI is InChI=1S/C13H8FN3O2/c14-10-7-15-5-4-8(10)12-6-9-11(16-12)2-1-3-13(9)17(18)19/h1-7,16H. The molecule has 1 aromatic carbocycles. The number of hydrogen-bond acceptors (Lipinski definition) is 3. The van der Waals surface area contributed by atoms with Crippen molar-refractivity contribution in [2.24, 2.45) is 0 Å². The summed E-state index contributed by atoms with van der Waals surface area (Å²) in [5, 5.41) is 11.4. The summed E-state index contributed by atoms with van der Waals surface area (Å²) in [5.74, 6) is -0.475. The number of halogens is 1. The lowest BCUT2D eigenvalue weighted by molar-refractivity contribution is -0.383. The number of benzene rings is 1. The van der Waals surface area contributed by atoms with Gasteiger partial charge in [-0.3, -0.25) is 15.1 Å². The van der Waals surface area contributed by atoms with E-state index in [4.69, 9.17) is 0 Å². The van der Waals surface area contributed by atoms with Crippen LogP contribution in [0.4, 0.5) is 10.1 Å². The highest BCUT2D eigenvalue weighted by Gasteiger charge is 2.15. The molecule has 0 saturated heterocycles. The number of aromatic nitrogens is 2. The van der Waals surface area contributed by atoms with Gasteiger partial charge in [0.15, 0.2) is 5.82 Å². The number of nitrogens with one attached hydrogen (secondary N) is 1. The van der Waals surface area contributed by atoms with E-state index in [2.05, 4.69) is 9.97 Å². The molecule has 94 valence electrons. The number of nitro groups is 1. The van der Waals surface area contributed by atoms with E-state index in [1.807, 2.05) is 0 Å². The van der Waals surface area contributed by atoms with Gasteiger partial charge >= 0.3 is 0 Å². The van der Waals surface area contributed by atoms with E-state index in [0.29, 0.717) is 22.2 Å². The molecule has 0 fully saturated rings. The zero-order chi connectivity index (χ0) is 13.4. The van der Waals surface area contributed by atoms with Crippen LogP contribution in [-0.2, 0) is 0 Å². The molecule has 0 aliphatic heterocycles. The molecule has 0 saturated carbocycles. The molecule has 0 spiro atoms. The van der Waals surface area contributed by atoms with Crippen LogP contribution in [0.25, 0.3) is 22.2 Å². The number of rotatable bonds is 2. The predicted octanol–water partition coefficient (Wildman–Crippen LogP) is 3.28. The largest absolute Gasteiger partial charge is 0.354 e. The van der Waals surface area contributed by atoms with Gasteiger partial charge in [-0.25, -0.2) is 4.39 Å². The van der Waals surface area contributed by atoms with Gasteiger partial charge in [0.25, 0.3) is 5.69 Å². The quantitative estimate of drug-likeness (QED) is 0.565. The molecule has 0 amide bonds. The molecule has 0 bridgehead atoms. The minimum atomic E-state index is -0.475. The topological polar surface area (TPSA) is 71.8 Å². The van der Waals surface area contributed by atoms with Crippen molar-refractivity contribution in [2.75, 3.05) is 0 Å². The second-order valence-electron chi connectivity index (χ2n) is 4.03. The first-order valence-corrected chi connectivity index (χ1v) is 5.53. The second-order valence-corrected chi connectivity index (χ2v) is 4.03. The Morgan fingerprint density at radius 2 is 2.16 bits per heavy atom. The number of pyridine rings is 1. The number of fused-ring (bicyclic) bond motifs is 1.